The molecule has 2 heteroatoms. The molecule has 1 fully saturated rings. The van der Waals surface area contributed by atoms with E-state index < -0.39 is 0 Å². The Kier molecular flexibility index (Phi) is 6.58. The molecule has 0 aromatic carbocycles. The molecule has 0 N–H and O–H groups in total. The highest BCUT2D eigenvalue weighted by atomic mass is 15.1. The first kappa shape index (κ1) is 14.5. The Balaban J connectivity index is 2.01. The van der Waals surface area contributed by atoms with Gasteiger partial charge in [-0.15, -0.1) is 0 Å². The lowest BCUT2D eigenvalue weighted by Crippen LogP contribution is -2.38. The molecule has 0 radical (unpaired) electrons. The largest absolute Gasteiger partial charge is 0.303 e. The lowest BCUT2D eigenvalue weighted by molar-refractivity contribution is 0.154. The third-order valence-corrected chi connectivity index (χ3v) is 4.06. The van der Waals surface area contributed by atoms with E-state index in [0.717, 1.165) is 25.9 Å². The average Bonchev–Trinajstić information content (AvgIpc) is 2.36. The molecule has 2 nitrogen and oxygen atoms in total. The van der Waals surface area contributed by atoms with E-state index in [1.165, 1.54) is 45.1 Å². The van der Waals surface area contributed by atoms with Crippen molar-refractivity contribution in [2.45, 2.75) is 65.2 Å². The molecule has 1 heterocycles. The quantitative estimate of drug-likeness (QED) is 0.625. The summed E-state index contributed by atoms with van der Waals surface area (Å²) in [6.45, 7) is 7.86. The fourth-order valence-electron chi connectivity index (χ4n) is 2.50. The van der Waals surface area contributed by atoms with Crippen LogP contribution in [0.2, 0.25) is 0 Å². The molecule has 0 aromatic heterocycles. The van der Waals surface area contributed by atoms with Gasteiger partial charge in [-0.05, 0) is 45.8 Å². The van der Waals surface area contributed by atoms with E-state index >= 15 is 0 Å². The molecular weight excluding hydrogens is 208 g/mol. The Bertz CT molecular complexity index is 234. The van der Waals surface area contributed by atoms with Gasteiger partial charge in [0.2, 0.25) is 0 Å². The molecule has 0 atom stereocenters. The zero-order valence-corrected chi connectivity index (χ0v) is 11.7. The van der Waals surface area contributed by atoms with Crippen LogP contribution < -0.4 is 0 Å². The highest BCUT2D eigenvalue weighted by Gasteiger charge is 2.29. The maximum Gasteiger partial charge on any atom is 0.0687 e. The Hall–Kier alpha value is -0.550. The van der Waals surface area contributed by atoms with Gasteiger partial charge in [-0.1, -0.05) is 39.0 Å². The summed E-state index contributed by atoms with van der Waals surface area (Å²) in [5, 5.41) is 9.06. The van der Waals surface area contributed by atoms with Gasteiger partial charge in [0, 0.05) is 0 Å². The molecule has 0 aromatic rings. The van der Waals surface area contributed by atoms with Gasteiger partial charge in [0.15, 0.2) is 0 Å². The lowest BCUT2D eigenvalue weighted by atomic mass is 9.82. The smallest absolute Gasteiger partial charge is 0.0687 e. The van der Waals surface area contributed by atoms with E-state index in [4.69, 9.17) is 5.26 Å². The van der Waals surface area contributed by atoms with Crippen molar-refractivity contribution in [3.05, 3.63) is 0 Å². The number of piperidine rings is 1. The number of likely N-dealkylation sites (tertiary alicyclic amines) is 1. The summed E-state index contributed by atoms with van der Waals surface area (Å²) in [7, 11) is 0. The predicted octanol–water partition coefficient (Wildman–Crippen LogP) is 3.97. The van der Waals surface area contributed by atoms with Crippen LogP contribution in [0.1, 0.15) is 65.2 Å². The summed E-state index contributed by atoms with van der Waals surface area (Å²) in [6.07, 6.45) is 10.4. The SMILES string of the molecule is CCCCCCCCN1CCC(C)(C#N)CC1. The second kappa shape index (κ2) is 7.71. The Morgan fingerprint density at radius 1 is 1.06 bits per heavy atom. The van der Waals surface area contributed by atoms with Gasteiger partial charge in [0.05, 0.1) is 11.5 Å². The fourth-order valence-corrected chi connectivity index (χ4v) is 2.50. The highest BCUT2D eigenvalue weighted by molar-refractivity contribution is 4.98. The van der Waals surface area contributed by atoms with Crippen molar-refractivity contribution in [3.63, 3.8) is 0 Å². The first-order valence-electron chi connectivity index (χ1n) is 7.34. The van der Waals surface area contributed by atoms with Gasteiger partial charge < -0.3 is 4.90 Å². The van der Waals surface area contributed by atoms with Gasteiger partial charge in [0.25, 0.3) is 0 Å². The van der Waals surface area contributed by atoms with Crippen molar-refractivity contribution >= 4 is 0 Å². The summed E-state index contributed by atoms with van der Waals surface area (Å²) >= 11 is 0. The van der Waals surface area contributed by atoms with Crippen LogP contribution in [0.5, 0.6) is 0 Å². The molecule has 98 valence electrons. The van der Waals surface area contributed by atoms with Gasteiger partial charge in [0.1, 0.15) is 0 Å². The average molecular weight is 236 g/mol. The van der Waals surface area contributed by atoms with E-state index in [1.54, 1.807) is 0 Å². The molecule has 1 rings (SSSR count). The first-order chi connectivity index (χ1) is 8.20. The second-order valence-electron chi connectivity index (χ2n) is 5.78. The molecule has 1 aliphatic rings. The van der Waals surface area contributed by atoms with Gasteiger partial charge in [-0.25, -0.2) is 0 Å². The van der Waals surface area contributed by atoms with Crippen LogP contribution in [0, 0.1) is 16.7 Å². The molecule has 17 heavy (non-hydrogen) atoms. The van der Waals surface area contributed by atoms with Crippen molar-refractivity contribution in [2.24, 2.45) is 5.41 Å². The van der Waals surface area contributed by atoms with Crippen LogP contribution in [0.4, 0.5) is 0 Å². The molecule has 0 spiro atoms. The molecule has 0 bridgehead atoms. The van der Waals surface area contributed by atoms with Crippen LogP contribution in [-0.4, -0.2) is 24.5 Å². The van der Waals surface area contributed by atoms with Crippen LogP contribution >= 0.6 is 0 Å². The molecule has 0 aliphatic carbocycles. The topological polar surface area (TPSA) is 27.0 Å². The fraction of sp³-hybridized carbons (Fsp3) is 0.933. The summed E-state index contributed by atoms with van der Waals surface area (Å²) in [5.41, 5.74) is -0.0440. The van der Waals surface area contributed by atoms with E-state index in [2.05, 4.69) is 24.8 Å². The normalized spacial score (nSPS) is 20.1. The third kappa shape index (κ3) is 5.55. The predicted molar refractivity (Wildman–Crippen MR) is 72.8 cm³/mol. The number of nitrogens with zero attached hydrogens (tertiary/aromatic N) is 2. The third-order valence-electron chi connectivity index (χ3n) is 4.06. The van der Waals surface area contributed by atoms with Crippen molar-refractivity contribution in [3.8, 4) is 6.07 Å². The maximum atomic E-state index is 9.06. The minimum Gasteiger partial charge on any atom is -0.303 e. The minimum absolute atomic E-state index is 0.0440. The van der Waals surface area contributed by atoms with E-state index in [0.29, 0.717) is 0 Å². The van der Waals surface area contributed by atoms with Crippen LogP contribution in [-0.2, 0) is 0 Å². The monoisotopic (exact) mass is 236 g/mol. The zero-order valence-electron chi connectivity index (χ0n) is 11.7. The lowest BCUT2D eigenvalue weighted by Gasteiger charge is -2.34. The summed E-state index contributed by atoms with van der Waals surface area (Å²) in [5.74, 6) is 0. The van der Waals surface area contributed by atoms with E-state index in [-0.39, 0.29) is 5.41 Å². The molecular formula is C15H28N2. The summed E-state index contributed by atoms with van der Waals surface area (Å²) in [4.78, 5) is 2.54. The molecule has 0 amide bonds. The van der Waals surface area contributed by atoms with Crippen LogP contribution in [0.15, 0.2) is 0 Å². The second-order valence-corrected chi connectivity index (χ2v) is 5.78. The Labute approximate surface area is 107 Å². The zero-order chi connectivity index (χ0) is 12.6. The number of hydrogen-bond donors (Lipinski definition) is 0. The number of rotatable bonds is 7. The van der Waals surface area contributed by atoms with Crippen molar-refractivity contribution in [1.29, 1.82) is 5.26 Å². The number of unbranched alkanes of at least 4 members (excludes halogenated alkanes) is 5. The Morgan fingerprint density at radius 2 is 1.65 bits per heavy atom. The standard InChI is InChI=1S/C15H28N2/c1-3-4-5-6-7-8-11-17-12-9-15(2,14-16)10-13-17/h3-13H2,1-2H3. The van der Waals surface area contributed by atoms with Gasteiger partial charge in [-0.3, -0.25) is 0 Å². The van der Waals surface area contributed by atoms with Gasteiger partial charge in [-0.2, -0.15) is 5.26 Å². The maximum absolute atomic E-state index is 9.06. The van der Waals surface area contributed by atoms with Crippen LogP contribution in [0.25, 0.3) is 0 Å². The molecule has 0 unspecified atom stereocenters. The Morgan fingerprint density at radius 3 is 2.24 bits per heavy atom. The summed E-state index contributed by atoms with van der Waals surface area (Å²) < 4.78 is 0. The molecule has 1 saturated heterocycles. The summed E-state index contributed by atoms with van der Waals surface area (Å²) in [6, 6.07) is 2.46. The number of hydrogen-bond acceptors (Lipinski definition) is 2. The molecule has 1 aliphatic heterocycles. The molecule has 0 saturated carbocycles. The van der Waals surface area contributed by atoms with Gasteiger partial charge >= 0.3 is 0 Å². The first-order valence-corrected chi connectivity index (χ1v) is 7.34. The highest BCUT2D eigenvalue weighted by Crippen LogP contribution is 2.29. The number of nitriles is 1. The van der Waals surface area contributed by atoms with Crippen molar-refractivity contribution in [2.75, 3.05) is 19.6 Å². The van der Waals surface area contributed by atoms with Crippen molar-refractivity contribution < 1.29 is 0 Å². The van der Waals surface area contributed by atoms with Crippen LogP contribution in [0.3, 0.4) is 0 Å². The van der Waals surface area contributed by atoms with E-state index in [9.17, 15) is 0 Å². The van der Waals surface area contributed by atoms with E-state index in [1.807, 2.05) is 0 Å². The van der Waals surface area contributed by atoms with Crippen molar-refractivity contribution in [1.82, 2.24) is 4.90 Å². The minimum atomic E-state index is -0.0440.